The quantitative estimate of drug-likeness (QED) is 0.860. The van der Waals surface area contributed by atoms with Crippen LogP contribution < -0.4 is 11.1 Å². The lowest BCUT2D eigenvalue weighted by Gasteiger charge is -2.09. The lowest BCUT2D eigenvalue weighted by Crippen LogP contribution is -2.35. The number of aromatic nitrogens is 2. The number of rotatable bonds is 5. The third-order valence-electron chi connectivity index (χ3n) is 2.81. The summed E-state index contributed by atoms with van der Waals surface area (Å²) < 4.78 is 1.71. The molecular formula is C14H18N4O. The van der Waals surface area contributed by atoms with Gasteiger partial charge in [-0.05, 0) is 18.6 Å². The minimum atomic E-state index is -0.468. The summed E-state index contributed by atoms with van der Waals surface area (Å²) in [6, 6.07) is 9.24. The van der Waals surface area contributed by atoms with Gasteiger partial charge in [0.2, 0.25) is 5.91 Å². The summed E-state index contributed by atoms with van der Waals surface area (Å²) in [6.45, 7) is 2.00. The Kier molecular flexibility index (Phi) is 4.30. The minimum absolute atomic E-state index is 0.172. The molecule has 0 saturated carbocycles. The molecule has 3 N–H and O–H groups in total. The molecule has 0 radical (unpaired) electrons. The highest BCUT2D eigenvalue weighted by Crippen LogP contribution is 2.11. The molecule has 2 aromatic rings. The first-order chi connectivity index (χ1) is 9.20. The molecule has 1 unspecified atom stereocenters. The standard InChI is InChI=1S/C14H18N4O/c1-2-6-13(15)14(19)17-11-9-16-18(10-11)12-7-4-3-5-8-12/h3-5,7-10,13H,2,6,15H2,1H3,(H,17,19). The zero-order chi connectivity index (χ0) is 13.7. The van der Waals surface area contributed by atoms with Gasteiger partial charge in [-0.1, -0.05) is 31.5 Å². The summed E-state index contributed by atoms with van der Waals surface area (Å²) in [5.74, 6) is -0.172. The van der Waals surface area contributed by atoms with E-state index in [0.717, 1.165) is 12.1 Å². The predicted molar refractivity (Wildman–Crippen MR) is 75.1 cm³/mol. The van der Waals surface area contributed by atoms with E-state index in [-0.39, 0.29) is 5.91 Å². The van der Waals surface area contributed by atoms with Crippen molar-refractivity contribution in [1.29, 1.82) is 0 Å². The van der Waals surface area contributed by atoms with Crippen LogP contribution in [0.1, 0.15) is 19.8 Å². The Bertz CT molecular complexity index is 535. The van der Waals surface area contributed by atoms with Gasteiger partial charge in [-0.15, -0.1) is 0 Å². The molecule has 0 aliphatic carbocycles. The Balaban J connectivity index is 2.04. The smallest absolute Gasteiger partial charge is 0.241 e. The van der Waals surface area contributed by atoms with Crippen molar-refractivity contribution in [3.05, 3.63) is 42.7 Å². The Morgan fingerprint density at radius 2 is 2.16 bits per heavy atom. The number of nitrogens with two attached hydrogens (primary N) is 1. The summed E-state index contributed by atoms with van der Waals surface area (Å²) in [6.07, 6.45) is 4.95. The van der Waals surface area contributed by atoms with Crippen LogP contribution >= 0.6 is 0 Å². The van der Waals surface area contributed by atoms with Crippen molar-refractivity contribution in [3.8, 4) is 5.69 Å². The molecule has 5 nitrogen and oxygen atoms in total. The maximum atomic E-state index is 11.8. The third kappa shape index (κ3) is 3.42. The molecular weight excluding hydrogens is 240 g/mol. The van der Waals surface area contributed by atoms with Gasteiger partial charge in [0.1, 0.15) is 0 Å². The first-order valence-corrected chi connectivity index (χ1v) is 6.37. The van der Waals surface area contributed by atoms with E-state index in [1.165, 1.54) is 0 Å². The molecule has 1 atom stereocenters. The number of amides is 1. The van der Waals surface area contributed by atoms with Crippen LogP contribution in [-0.2, 0) is 4.79 Å². The lowest BCUT2D eigenvalue weighted by molar-refractivity contribution is -0.117. The Morgan fingerprint density at radius 1 is 1.42 bits per heavy atom. The van der Waals surface area contributed by atoms with Gasteiger partial charge in [0.15, 0.2) is 0 Å². The van der Waals surface area contributed by atoms with Crippen molar-refractivity contribution < 1.29 is 4.79 Å². The average Bonchev–Trinajstić information content (AvgIpc) is 2.88. The van der Waals surface area contributed by atoms with Gasteiger partial charge >= 0.3 is 0 Å². The first-order valence-electron chi connectivity index (χ1n) is 6.37. The van der Waals surface area contributed by atoms with Crippen LogP contribution in [0.2, 0.25) is 0 Å². The molecule has 0 aliphatic heterocycles. The number of para-hydroxylation sites is 1. The van der Waals surface area contributed by atoms with E-state index in [1.54, 1.807) is 17.1 Å². The van der Waals surface area contributed by atoms with Gasteiger partial charge < -0.3 is 11.1 Å². The van der Waals surface area contributed by atoms with Gasteiger partial charge in [0, 0.05) is 0 Å². The third-order valence-corrected chi connectivity index (χ3v) is 2.81. The van der Waals surface area contributed by atoms with Gasteiger partial charge in [0.05, 0.1) is 29.8 Å². The zero-order valence-corrected chi connectivity index (χ0v) is 10.9. The van der Waals surface area contributed by atoms with E-state index < -0.39 is 6.04 Å². The Morgan fingerprint density at radius 3 is 2.84 bits per heavy atom. The summed E-state index contributed by atoms with van der Waals surface area (Å²) in [5, 5.41) is 6.98. The highest BCUT2D eigenvalue weighted by Gasteiger charge is 2.13. The average molecular weight is 258 g/mol. The second-order valence-electron chi connectivity index (χ2n) is 4.39. The van der Waals surface area contributed by atoms with Gasteiger partial charge in [-0.2, -0.15) is 5.10 Å². The summed E-state index contributed by atoms with van der Waals surface area (Å²) >= 11 is 0. The Hall–Kier alpha value is -2.14. The van der Waals surface area contributed by atoms with Crippen molar-refractivity contribution in [2.75, 3.05) is 5.32 Å². The van der Waals surface area contributed by atoms with E-state index in [1.807, 2.05) is 37.3 Å². The van der Waals surface area contributed by atoms with Crippen molar-refractivity contribution in [2.24, 2.45) is 5.73 Å². The van der Waals surface area contributed by atoms with Crippen LogP contribution in [0.15, 0.2) is 42.7 Å². The largest absolute Gasteiger partial charge is 0.322 e. The number of hydrogen-bond donors (Lipinski definition) is 2. The normalized spacial score (nSPS) is 12.1. The molecule has 0 aliphatic rings. The molecule has 0 fully saturated rings. The van der Waals surface area contributed by atoms with E-state index in [9.17, 15) is 4.79 Å². The summed E-state index contributed by atoms with van der Waals surface area (Å²) in [4.78, 5) is 11.8. The monoisotopic (exact) mass is 258 g/mol. The van der Waals surface area contributed by atoms with E-state index in [2.05, 4.69) is 10.4 Å². The van der Waals surface area contributed by atoms with Crippen LogP contribution in [0, 0.1) is 0 Å². The second kappa shape index (κ2) is 6.15. The molecule has 1 amide bonds. The molecule has 1 heterocycles. The van der Waals surface area contributed by atoms with Gasteiger partial charge in [-0.3, -0.25) is 4.79 Å². The summed E-state index contributed by atoms with van der Waals surface area (Å²) in [7, 11) is 0. The predicted octanol–water partition coefficient (Wildman–Crippen LogP) is 1.94. The van der Waals surface area contributed by atoms with Crippen molar-refractivity contribution >= 4 is 11.6 Å². The maximum Gasteiger partial charge on any atom is 0.241 e. The molecule has 0 bridgehead atoms. The van der Waals surface area contributed by atoms with Crippen LogP contribution in [0.3, 0.4) is 0 Å². The van der Waals surface area contributed by atoms with Crippen molar-refractivity contribution in [2.45, 2.75) is 25.8 Å². The number of benzene rings is 1. The minimum Gasteiger partial charge on any atom is -0.322 e. The molecule has 0 saturated heterocycles. The maximum absolute atomic E-state index is 11.8. The molecule has 1 aromatic heterocycles. The molecule has 100 valence electrons. The van der Waals surface area contributed by atoms with E-state index >= 15 is 0 Å². The second-order valence-corrected chi connectivity index (χ2v) is 4.39. The highest BCUT2D eigenvalue weighted by atomic mass is 16.2. The SMILES string of the molecule is CCCC(N)C(=O)Nc1cnn(-c2ccccc2)c1. The number of nitrogens with one attached hydrogen (secondary N) is 1. The molecule has 5 heteroatoms. The number of carbonyl (C=O) groups excluding carboxylic acids is 1. The van der Waals surface area contributed by atoms with E-state index in [0.29, 0.717) is 12.1 Å². The van der Waals surface area contributed by atoms with Gasteiger partial charge in [0.25, 0.3) is 0 Å². The molecule has 19 heavy (non-hydrogen) atoms. The lowest BCUT2D eigenvalue weighted by atomic mass is 10.2. The van der Waals surface area contributed by atoms with Gasteiger partial charge in [-0.25, -0.2) is 4.68 Å². The molecule has 2 rings (SSSR count). The highest BCUT2D eigenvalue weighted by molar-refractivity contribution is 5.94. The molecule has 1 aromatic carbocycles. The number of hydrogen-bond acceptors (Lipinski definition) is 3. The topological polar surface area (TPSA) is 72.9 Å². The summed E-state index contributed by atoms with van der Waals surface area (Å²) in [5.41, 5.74) is 7.35. The van der Waals surface area contributed by atoms with E-state index in [4.69, 9.17) is 5.73 Å². The zero-order valence-electron chi connectivity index (χ0n) is 10.9. The van der Waals surface area contributed by atoms with Crippen LogP contribution in [0.25, 0.3) is 5.69 Å². The van der Waals surface area contributed by atoms with Crippen LogP contribution in [0.4, 0.5) is 5.69 Å². The van der Waals surface area contributed by atoms with Crippen molar-refractivity contribution in [1.82, 2.24) is 9.78 Å². The number of carbonyl (C=O) groups is 1. The fraction of sp³-hybridized carbons (Fsp3) is 0.286. The fourth-order valence-electron chi connectivity index (χ4n) is 1.79. The Labute approximate surface area is 112 Å². The first kappa shape index (κ1) is 13.3. The molecule has 0 spiro atoms. The van der Waals surface area contributed by atoms with Crippen LogP contribution in [-0.4, -0.2) is 21.7 Å². The fourth-order valence-corrected chi connectivity index (χ4v) is 1.79. The van der Waals surface area contributed by atoms with Crippen molar-refractivity contribution in [3.63, 3.8) is 0 Å². The number of nitrogens with zero attached hydrogens (tertiary/aromatic N) is 2. The van der Waals surface area contributed by atoms with Crippen LogP contribution in [0.5, 0.6) is 0 Å². The number of anilines is 1.